The molecule has 0 atom stereocenters. The van der Waals surface area contributed by atoms with E-state index in [9.17, 15) is 13.2 Å². The van der Waals surface area contributed by atoms with Crippen molar-refractivity contribution in [2.45, 2.75) is 4.90 Å². The van der Waals surface area contributed by atoms with E-state index in [1.165, 1.54) is 4.31 Å². The predicted octanol–water partition coefficient (Wildman–Crippen LogP) is 3.64. The Hall–Kier alpha value is -3.49. The second-order valence-electron chi connectivity index (χ2n) is 7.65. The number of carbonyl (C=O) groups is 1. The van der Waals surface area contributed by atoms with E-state index in [-0.39, 0.29) is 42.7 Å². The summed E-state index contributed by atoms with van der Waals surface area (Å²) in [4.78, 5) is 14.7. The molecule has 2 heterocycles. The monoisotopic (exact) mass is 447 g/mol. The van der Waals surface area contributed by atoms with E-state index in [0.29, 0.717) is 5.69 Å². The molecule has 0 unspecified atom stereocenters. The van der Waals surface area contributed by atoms with Crippen LogP contribution in [0, 0.1) is 0 Å². The van der Waals surface area contributed by atoms with E-state index in [1.807, 2.05) is 60.7 Å². The van der Waals surface area contributed by atoms with Crippen molar-refractivity contribution in [1.82, 2.24) is 14.4 Å². The Balaban J connectivity index is 1.28. The first-order valence-electron chi connectivity index (χ1n) is 10.3. The van der Waals surface area contributed by atoms with Gasteiger partial charge in [-0.1, -0.05) is 65.8 Å². The first kappa shape index (κ1) is 20.4. The quantitative estimate of drug-likeness (QED) is 0.477. The lowest BCUT2D eigenvalue weighted by atomic mass is 10.1. The normalized spacial score (nSPS) is 15.2. The molecule has 0 aliphatic carbocycles. The Kier molecular flexibility index (Phi) is 5.24. The second kappa shape index (κ2) is 8.22. The summed E-state index contributed by atoms with van der Waals surface area (Å²) in [5, 5.41) is 5.86. The van der Waals surface area contributed by atoms with E-state index in [0.717, 1.165) is 16.3 Å². The van der Waals surface area contributed by atoms with Crippen LogP contribution < -0.4 is 0 Å². The summed E-state index contributed by atoms with van der Waals surface area (Å²) < 4.78 is 33.0. The van der Waals surface area contributed by atoms with Gasteiger partial charge < -0.3 is 9.42 Å². The maximum absolute atomic E-state index is 13.1. The number of hydrogen-bond donors (Lipinski definition) is 0. The molecule has 4 aromatic rings. The molecule has 1 aromatic heterocycles. The molecule has 3 aromatic carbocycles. The predicted molar refractivity (Wildman–Crippen MR) is 121 cm³/mol. The maximum atomic E-state index is 13.1. The molecule has 162 valence electrons. The number of amides is 1. The SMILES string of the molecule is O=C(c1cc(-c2ccccc2)no1)N1CCN(S(=O)(=O)c2ccc3ccccc3c2)CC1. The van der Waals surface area contributed by atoms with Crippen LogP contribution in [0.1, 0.15) is 10.6 Å². The van der Waals surface area contributed by atoms with Crippen LogP contribution in [-0.2, 0) is 10.0 Å². The van der Waals surface area contributed by atoms with Crippen molar-refractivity contribution in [1.29, 1.82) is 0 Å². The smallest absolute Gasteiger partial charge is 0.292 e. The van der Waals surface area contributed by atoms with Gasteiger partial charge in [0, 0.05) is 37.8 Å². The van der Waals surface area contributed by atoms with Crippen molar-refractivity contribution >= 4 is 26.7 Å². The van der Waals surface area contributed by atoms with Crippen molar-refractivity contribution < 1.29 is 17.7 Å². The van der Waals surface area contributed by atoms with Crippen LogP contribution in [0.15, 0.2) is 88.3 Å². The van der Waals surface area contributed by atoms with Crippen molar-refractivity contribution in [3.05, 3.63) is 84.6 Å². The van der Waals surface area contributed by atoms with E-state index >= 15 is 0 Å². The third kappa shape index (κ3) is 3.79. The van der Waals surface area contributed by atoms with Crippen LogP contribution in [0.5, 0.6) is 0 Å². The molecular weight excluding hydrogens is 426 g/mol. The topological polar surface area (TPSA) is 83.7 Å². The molecule has 0 spiro atoms. The molecule has 1 aliphatic heterocycles. The zero-order valence-electron chi connectivity index (χ0n) is 17.2. The summed E-state index contributed by atoms with van der Waals surface area (Å²) in [6.45, 7) is 1.02. The van der Waals surface area contributed by atoms with Gasteiger partial charge >= 0.3 is 0 Å². The van der Waals surface area contributed by atoms with Crippen LogP contribution >= 0.6 is 0 Å². The minimum Gasteiger partial charge on any atom is -0.350 e. The van der Waals surface area contributed by atoms with Crippen LogP contribution in [0.25, 0.3) is 22.0 Å². The molecule has 8 heteroatoms. The Morgan fingerprint density at radius 3 is 2.25 bits per heavy atom. The largest absolute Gasteiger partial charge is 0.350 e. The number of benzene rings is 3. The molecule has 1 fully saturated rings. The molecule has 0 N–H and O–H groups in total. The Bertz CT molecular complexity index is 1370. The summed E-state index contributed by atoms with van der Waals surface area (Å²) in [6, 6.07) is 23.9. The van der Waals surface area contributed by atoms with Crippen molar-refractivity contribution in [2.75, 3.05) is 26.2 Å². The van der Waals surface area contributed by atoms with E-state index in [2.05, 4.69) is 5.16 Å². The Morgan fingerprint density at radius 2 is 1.50 bits per heavy atom. The molecule has 5 rings (SSSR count). The molecule has 1 amide bonds. The van der Waals surface area contributed by atoms with Gasteiger partial charge in [-0.2, -0.15) is 4.31 Å². The average Bonchev–Trinajstić information content (AvgIpc) is 3.34. The van der Waals surface area contributed by atoms with Crippen LogP contribution in [-0.4, -0.2) is 54.9 Å². The van der Waals surface area contributed by atoms with Gasteiger partial charge in [-0.25, -0.2) is 8.42 Å². The molecule has 0 saturated carbocycles. The lowest BCUT2D eigenvalue weighted by Gasteiger charge is -2.33. The van der Waals surface area contributed by atoms with Gasteiger partial charge in [0.25, 0.3) is 5.91 Å². The van der Waals surface area contributed by atoms with Crippen LogP contribution in [0.2, 0.25) is 0 Å². The molecule has 0 bridgehead atoms. The lowest BCUT2D eigenvalue weighted by molar-refractivity contribution is 0.0656. The number of carbonyl (C=O) groups excluding carboxylic acids is 1. The molecule has 0 radical (unpaired) electrons. The fourth-order valence-electron chi connectivity index (χ4n) is 3.89. The highest BCUT2D eigenvalue weighted by atomic mass is 32.2. The number of hydrogen-bond acceptors (Lipinski definition) is 5. The summed E-state index contributed by atoms with van der Waals surface area (Å²) in [5.74, 6) is -0.142. The number of nitrogens with zero attached hydrogens (tertiary/aromatic N) is 3. The fraction of sp³-hybridized carbons (Fsp3) is 0.167. The number of fused-ring (bicyclic) bond motifs is 1. The molecule has 32 heavy (non-hydrogen) atoms. The molecule has 1 aliphatic rings. The molecular formula is C24H21N3O4S. The van der Waals surface area contributed by atoms with E-state index < -0.39 is 10.0 Å². The van der Waals surface area contributed by atoms with Crippen molar-refractivity contribution in [3.63, 3.8) is 0 Å². The highest BCUT2D eigenvalue weighted by Crippen LogP contribution is 2.24. The number of rotatable bonds is 4. The van der Waals surface area contributed by atoms with Gasteiger partial charge in [0.2, 0.25) is 15.8 Å². The highest BCUT2D eigenvalue weighted by Gasteiger charge is 2.31. The Labute approximate surface area is 185 Å². The van der Waals surface area contributed by atoms with Crippen molar-refractivity contribution in [3.8, 4) is 11.3 Å². The second-order valence-corrected chi connectivity index (χ2v) is 9.59. The van der Waals surface area contributed by atoms with E-state index in [1.54, 1.807) is 23.1 Å². The van der Waals surface area contributed by atoms with Gasteiger partial charge in [-0.05, 0) is 22.9 Å². The third-order valence-electron chi connectivity index (χ3n) is 5.68. The van der Waals surface area contributed by atoms with Crippen LogP contribution in [0.3, 0.4) is 0 Å². The number of piperazine rings is 1. The summed E-state index contributed by atoms with van der Waals surface area (Å²) in [7, 11) is -3.64. The molecule has 1 saturated heterocycles. The fourth-order valence-corrected chi connectivity index (χ4v) is 5.34. The maximum Gasteiger partial charge on any atom is 0.292 e. The summed E-state index contributed by atoms with van der Waals surface area (Å²) in [6.07, 6.45) is 0. The van der Waals surface area contributed by atoms with E-state index in [4.69, 9.17) is 4.52 Å². The minimum atomic E-state index is -3.64. The van der Waals surface area contributed by atoms with Gasteiger partial charge in [0.05, 0.1) is 4.90 Å². The minimum absolute atomic E-state index is 0.148. The van der Waals surface area contributed by atoms with Crippen molar-refractivity contribution in [2.24, 2.45) is 0 Å². The zero-order valence-corrected chi connectivity index (χ0v) is 18.0. The summed E-state index contributed by atoms with van der Waals surface area (Å²) in [5.41, 5.74) is 1.45. The van der Waals surface area contributed by atoms with Gasteiger partial charge in [0.15, 0.2) is 0 Å². The lowest BCUT2D eigenvalue weighted by Crippen LogP contribution is -2.50. The van der Waals surface area contributed by atoms with Gasteiger partial charge in [-0.3, -0.25) is 4.79 Å². The Morgan fingerprint density at radius 1 is 0.812 bits per heavy atom. The summed E-state index contributed by atoms with van der Waals surface area (Å²) >= 11 is 0. The number of aromatic nitrogens is 1. The third-order valence-corrected chi connectivity index (χ3v) is 7.57. The van der Waals surface area contributed by atoms with Gasteiger partial charge in [0.1, 0.15) is 5.69 Å². The zero-order chi connectivity index (χ0) is 22.1. The highest BCUT2D eigenvalue weighted by molar-refractivity contribution is 7.89. The average molecular weight is 448 g/mol. The standard InChI is InChI=1S/C24H21N3O4S/c28-24(23-17-22(25-31-23)19-7-2-1-3-8-19)26-12-14-27(15-13-26)32(29,30)21-11-10-18-6-4-5-9-20(18)16-21/h1-11,16-17H,12-15H2. The van der Waals surface area contributed by atoms with Crippen LogP contribution in [0.4, 0.5) is 0 Å². The van der Waals surface area contributed by atoms with Gasteiger partial charge in [-0.15, -0.1) is 0 Å². The first-order valence-corrected chi connectivity index (χ1v) is 11.8. The first-order chi connectivity index (χ1) is 15.5. The number of sulfonamides is 1. The molecule has 7 nitrogen and oxygen atoms in total.